The largest absolute Gasteiger partial charge is 0.485 e. The second-order valence-corrected chi connectivity index (χ2v) is 4.92. The Hall–Kier alpha value is -1.62. The highest BCUT2D eigenvalue weighted by Crippen LogP contribution is 2.27. The lowest BCUT2D eigenvalue weighted by Crippen LogP contribution is -2.05. The van der Waals surface area contributed by atoms with Crippen LogP contribution in [-0.4, -0.2) is 15.8 Å². The van der Waals surface area contributed by atoms with Crippen LogP contribution in [0.1, 0.15) is 21.7 Å². The van der Waals surface area contributed by atoms with Crippen molar-refractivity contribution >= 4 is 22.2 Å². The molecule has 4 nitrogen and oxygen atoms in total. The molecule has 0 fully saturated rings. The highest BCUT2D eigenvalue weighted by Gasteiger charge is 2.10. The molecular weight excluding hydrogens is 296 g/mol. The molecule has 0 amide bonds. The minimum Gasteiger partial charge on any atom is -0.485 e. The number of rotatable bonds is 4. The third-order valence-electron chi connectivity index (χ3n) is 2.66. The lowest BCUT2D eigenvalue weighted by Gasteiger charge is -2.11. The molecule has 0 saturated heterocycles. The van der Waals surface area contributed by atoms with Gasteiger partial charge in [-0.05, 0) is 24.6 Å². The second kappa shape index (κ2) is 5.35. The quantitative estimate of drug-likeness (QED) is 0.816. The fraction of sp³-hybridized carbons (Fsp3) is 0.231. The molecule has 0 spiro atoms. The first-order valence-corrected chi connectivity index (χ1v) is 6.25. The van der Waals surface area contributed by atoms with Gasteiger partial charge in [-0.1, -0.05) is 15.9 Å². The van der Waals surface area contributed by atoms with Crippen molar-refractivity contribution in [3.63, 3.8) is 0 Å². The van der Waals surface area contributed by atoms with Gasteiger partial charge in [0.1, 0.15) is 18.2 Å². The van der Waals surface area contributed by atoms with Gasteiger partial charge in [0.2, 0.25) is 0 Å². The van der Waals surface area contributed by atoms with E-state index in [2.05, 4.69) is 20.9 Å². The number of hydrogen-bond acceptors (Lipinski definition) is 3. The average Bonchev–Trinajstić information content (AvgIpc) is 2.73. The lowest BCUT2D eigenvalue weighted by atomic mass is 10.1. The van der Waals surface area contributed by atoms with Crippen LogP contribution in [0.5, 0.6) is 5.75 Å². The SMILES string of the molecule is Cc1cc(Br)cc(C=O)c1OCc1nccn1C. The van der Waals surface area contributed by atoms with Crippen LogP contribution in [0.2, 0.25) is 0 Å². The van der Waals surface area contributed by atoms with E-state index in [4.69, 9.17) is 4.74 Å². The molecule has 0 saturated carbocycles. The Bertz CT molecular complexity index is 578. The Kier molecular flexibility index (Phi) is 3.81. The minimum absolute atomic E-state index is 0.340. The van der Waals surface area contributed by atoms with Gasteiger partial charge in [-0.3, -0.25) is 4.79 Å². The Morgan fingerprint density at radius 1 is 1.50 bits per heavy atom. The summed E-state index contributed by atoms with van der Waals surface area (Å²) >= 11 is 3.36. The summed E-state index contributed by atoms with van der Waals surface area (Å²) in [4.78, 5) is 15.2. The Morgan fingerprint density at radius 3 is 2.89 bits per heavy atom. The van der Waals surface area contributed by atoms with Crippen molar-refractivity contribution in [3.8, 4) is 5.75 Å². The summed E-state index contributed by atoms with van der Waals surface area (Å²) in [5.74, 6) is 1.42. The van der Waals surface area contributed by atoms with E-state index in [1.54, 1.807) is 12.3 Å². The zero-order chi connectivity index (χ0) is 13.1. The molecule has 0 N–H and O–H groups in total. The Labute approximate surface area is 114 Å². The number of halogens is 1. The maximum Gasteiger partial charge on any atom is 0.153 e. The molecule has 0 atom stereocenters. The number of aromatic nitrogens is 2. The smallest absolute Gasteiger partial charge is 0.153 e. The molecule has 94 valence electrons. The van der Waals surface area contributed by atoms with Gasteiger partial charge in [0.25, 0.3) is 0 Å². The lowest BCUT2D eigenvalue weighted by molar-refractivity contribution is 0.111. The van der Waals surface area contributed by atoms with E-state index in [0.717, 1.165) is 22.1 Å². The highest BCUT2D eigenvalue weighted by molar-refractivity contribution is 9.10. The number of carbonyl (C=O) groups excluding carboxylic acids is 1. The number of imidazole rings is 1. The molecule has 2 rings (SSSR count). The molecule has 0 aliphatic heterocycles. The first-order valence-electron chi connectivity index (χ1n) is 5.46. The van der Waals surface area contributed by atoms with Gasteiger partial charge in [0.05, 0.1) is 5.56 Å². The highest BCUT2D eigenvalue weighted by atomic mass is 79.9. The van der Waals surface area contributed by atoms with Gasteiger partial charge >= 0.3 is 0 Å². The number of aldehydes is 1. The van der Waals surface area contributed by atoms with Crippen molar-refractivity contribution in [1.29, 1.82) is 0 Å². The molecule has 1 heterocycles. The van der Waals surface area contributed by atoms with Crippen molar-refractivity contribution in [2.75, 3.05) is 0 Å². The fourth-order valence-corrected chi connectivity index (χ4v) is 2.30. The number of nitrogens with zero attached hydrogens (tertiary/aromatic N) is 2. The summed E-state index contributed by atoms with van der Waals surface area (Å²) in [6.07, 6.45) is 4.37. The van der Waals surface area contributed by atoms with E-state index in [1.807, 2.05) is 30.8 Å². The van der Waals surface area contributed by atoms with E-state index in [9.17, 15) is 4.79 Å². The molecule has 0 unspecified atom stereocenters. The normalized spacial score (nSPS) is 10.4. The predicted octanol–water partition coefficient (Wildman–Crippen LogP) is 2.88. The summed E-state index contributed by atoms with van der Waals surface area (Å²) in [6, 6.07) is 3.66. The van der Waals surface area contributed by atoms with Gasteiger partial charge < -0.3 is 9.30 Å². The third kappa shape index (κ3) is 2.61. The molecule has 2 aromatic rings. The minimum atomic E-state index is 0.340. The van der Waals surface area contributed by atoms with Crippen molar-refractivity contribution in [2.45, 2.75) is 13.5 Å². The van der Waals surface area contributed by atoms with Crippen molar-refractivity contribution in [2.24, 2.45) is 7.05 Å². The third-order valence-corrected chi connectivity index (χ3v) is 3.12. The van der Waals surface area contributed by atoms with Gasteiger partial charge in [-0.25, -0.2) is 4.98 Å². The van der Waals surface area contributed by atoms with Crippen molar-refractivity contribution in [1.82, 2.24) is 9.55 Å². The Balaban J connectivity index is 2.24. The van der Waals surface area contributed by atoms with E-state index in [1.165, 1.54) is 0 Å². The van der Waals surface area contributed by atoms with Crippen LogP contribution in [0.15, 0.2) is 29.0 Å². The van der Waals surface area contributed by atoms with E-state index in [-0.39, 0.29) is 0 Å². The van der Waals surface area contributed by atoms with Gasteiger partial charge in [-0.15, -0.1) is 0 Å². The van der Waals surface area contributed by atoms with Crippen LogP contribution in [0.25, 0.3) is 0 Å². The number of benzene rings is 1. The molecule has 0 aliphatic carbocycles. The standard InChI is InChI=1S/C13H13BrN2O2/c1-9-5-11(14)6-10(7-17)13(9)18-8-12-15-3-4-16(12)2/h3-7H,8H2,1-2H3. The molecular formula is C13H13BrN2O2. The van der Waals surface area contributed by atoms with Gasteiger partial charge in [0, 0.05) is 23.9 Å². The summed E-state index contributed by atoms with van der Waals surface area (Å²) in [5.41, 5.74) is 1.46. The zero-order valence-electron chi connectivity index (χ0n) is 10.2. The van der Waals surface area contributed by atoms with E-state index in [0.29, 0.717) is 17.9 Å². The summed E-state index contributed by atoms with van der Waals surface area (Å²) in [5, 5.41) is 0. The fourth-order valence-electron chi connectivity index (χ4n) is 1.71. The average molecular weight is 309 g/mol. The topological polar surface area (TPSA) is 44.1 Å². The number of carbonyl (C=O) groups is 1. The van der Waals surface area contributed by atoms with Gasteiger partial charge in [-0.2, -0.15) is 0 Å². The summed E-state index contributed by atoms with van der Waals surface area (Å²) in [6.45, 7) is 2.25. The van der Waals surface area contributed by atoms with Crippen LogP contribution >= 0.6 is 15.9 Å². The maximum atomic E-state index is 11.0. The molecule has 0 aliphatic rings. The summed E-state index contributed by atoms with van der Waals surface area (Å²) < 4.78 is 8.45. The second-order valence-electron chi connectivity index (χ2n) is 4.00. The molecule has 1 aromatic heterocycles. The van der Waals surface area contributed by atoms with Crippen LogP contribution in [-0.2, 0) is 13.7 Å². The molecule has 0 bridgehead atoms. The molecule has 18 heavy (non-hydrogen) atoms. The molecule has 5 heteroatoms. The number of aryl methyl sites for hydroxylation is 2. The first kappa shape index (κ1) is 12.8. The van der Waals surface area contributed by atoms with Crippen LogP contribution in [0.4, 0.5) is 0 Å². The number of hydrogen-bond donors (Lipinski definition) is 0. The first-order chi connectivity index (χ1) is 8.61. The zero-order valence-corrected chi connectivity index (χ0v) is 11.8. The predicted molar refractivity (Wildman–Crippen MR) is 71.8 cm³/mol. The number of ether oxygens (including phenoxy) is 1. The van der Waals surface area contributed by atoms with Gasteiger partial charge in [0.15, 0.2) is 6.29 Å². The van der Waals surface area contributed by atoms with E-state index >= 15 is 0 Å². The maximum absolute atomic E-state index is 11.0. The van der Waals surface area contributed by atoms with Crippen molar-refractivity contribution in [3.05, 3.63) is 46.0 Å². The van der Waals surface area contributed by atoms with Crippen LogP contribution in [0, 0.1) is 6.92 Å². The summed E-state index contributed by atoms with van der Waals surface area (Å²) in [7, 11) is 1.90. The van der Waals surface area contributed by atoms with E-state index < -0.39 is 0 Å². The molecule has 1 aromatic carbocycles. The Morgan fingerprint density at radius 2 is 2.28 bits per heavy atom. The van der Waals surface area contributed by atoms with Crippen LogP contribution < -0.4 is 4.74 Å². The monoisotopic (exact) mass is 308 g/mol. The molecule has 0 radical (unpaired) electrons. The van der Waals surface area contributed by atoms with Crippen molar-refractivity contribution < 1.29 is 9.53 Å². The van der Waals surface area contributed by atoms with Crippen LogP contribution in [0.3, 0.4) is 0 Å².